The van der Waals surface area contributed by atoms with Crippen molar-refractivity contribution in [3.05, 3.63) is 58.2 Å². The maximum atomic E-state index is 13.9. The molecule has 8 nitrogen and oxygen atoms in total. The second-order valence-electron chi connectivity index (χ2n) is 9.96. The molecule has 1 amide bonds. The molecule has 0 radical (unpaired) electrons. The molecule has 194 valence electrons. The Morgan fingerprint density at radius 3 is 2.46 bits per heavy atom. The van der Waals surface area contributed by atoms with Crippen molar-refractivity contribution in [2.45, 2.75) is 51.5 Å². The fraction of sp³-hybridized carbons (Fsp3) is 0.429. The van der Waals surface area contributed by atoms with Gasteiger partial charge in [-0.3, -0.25) is 9.69 Å². The van der Waals surface area contributed by atoms with Crippen LogP contribution in [0, 0.1) is 11.8 Å². The van der Waals surface area contributed by atoms with Gasteiger partial charge in [-0.15, -0.1) is 16.4 Å². The Morgan fingerprint density at radius 1 is 1.08 bits per heavy atom. The van der Waals surface area contributed by atoms with Crippen molar-refractivity contribution >= 4 is 41.2 Å². The summed E-state index contributed by atoms with van der Waals surface area (Å²) in [4.78, 5) is 32.1. The van der Waals surface area contributed by atoms with Crippen molar-refractivity contribution in [1.29, 1.82) is 0 Å². The van der Waals surface area contributed by atoms with Gasteiger partial charge in [0.1, 0.15) is 5.56 Å². The zero-order valence-corrected chi connectivity index (χ0v) is 21.8. The normalized spacial score (nSPS) is 20.8. The first kappa shape index (κ1) is 25.4. The zero-order chi connectivity index (χ0) is 25.8. The van der Waals surface area contributed by atoms with E-state index in [0.29, 0.717) is 32.0 Å². The van der Waals surface area contributed by atoms with E-state index in [1.807, 2.05) is 41.8 Å². The maximum absolute atomic E-state index is 13.9. The summed E-state index contributed by atoms with van der Waals surface area (Å²) in [5.74, 6) is -0.348. The summed E-state index contributed by atoms with van der Waals surface area (Å²) in [6.07, 6.45) is 10.5. The van der Waals surface area contributed by atoms with Gasteiger partial charge in [-0.1, -0.05) is 25.1 Å². The van der Waals surface area contributed by atoms with Gasteiger partial charge in [0.2, 0.25) is 5.91 Å². The number of aromatic carboxylic acids is 1. The van der Waals surface area contributed by atoms with Crippen LogP contribution in [0.1, 0.15) is 67.1 Å². The monoisotopic (exact) mass is 520 g/mol. The minimum Gasteiger partial charge on any atom is -0.477 e. The standard InChI is InChI=1S/C28H32N4O4S/c1-19-2-7-21(8-3-19)27(33)32(24-12-14-36-15-13-24)26-25(28(34)35)16-31(30-26)23-10-5-20(6-11-23)4-9-22-17-37-18-29-22/h4-6,9-11,16-19,21,24H,2-3,7-8,12-15H2,1H3,(H,34,35)/b9-4-/t19-,21-. The number of rotatable bonds is 7. The van der Waals surface area contributed by atoms with E-state index >= 15 is 0 Å². The average molecular weight is 521 g/mol. The first-order valence-corrected chi connectivity index (χ1v) is 13.8. The topological polar surface area (TPSA) is 97.6 Å². The molecule has 0 spiro atoms. The highest BCUT2D eigenvalue weighted by atomic mass is 32.1. The van der Waals surface area contributed by atoms with Gasteiger partial charge in [0.25, 0.3) is 0 Å². The predicted molar refractivity (Wildman–Crippen MR) is 144 cm³/mol. The van der Waals surface area contributed by atoms with E-state index in [1.165, 1.54) is 6.20 Å². The number of carbonyl (C=O) groups excluding carboxylic acids is 1. The lowest BCUT2D eigenvalue weighted by Gasteiger charge is -2.37. The van der Waals surface area contributed by atoms with Crippen molar-refractivity contribution in [1.82, 2.24) is 14.8 Å². The van der Waals surface area contributed by atoms with Crippen molar-refractivity contribution in [2.75, 3.05) is 18.1 Å². The second-order valence-corrected chi connectivity index (χ2v) is 10.7. The minimum atomic E-state index is -1.09. The number of carbonyl (C=O) groups is 2. The molecule has 3 heterocycles. The molecule has 1 N–H and O–H groups in total. The van der Waals surface area contributed by atoms with E-state index in [0.717, 1.165) is 42.6 Å². The third-order valence-corrected chi connectivity index (χ3v) is 7.97. The van der Waals surface area contributed by atoms with Crippen LogP contribution in [0.15, 0.2) is 41.4 Å². The van der Waals surface area contributed by atoms with Crippen LogP contribution in [0.5, 0.6) is 0 Å². The Labute approximate surface area is 220 Å². The largest absolute Gasteiger partial charge is 0.477 e. The number of carboxylic acids is 1. The van der Waals surface area contributed by atoms with Crippen LogP contribution in [-0.2, 0) is 9.53 Å². The highest BCUT2D eigenvalue weighted by Crippen LogP contribution is 2.34. The molecule has 2 aliphatic rings. The van der Waals surface area contributed by atoms with Crippen LogP contribution in [-0.4, -0.2) is 51.0 Å². The van der Waals surface area contributed by atoms with E-state index in [1.54, 1.807) is 26.4 Å². The van der Waals surface area contributed by atoms with Gasteiger partial charge in [-0.2, -0.15) is 0 Å². The molecule has 0 atom stereocenters. The number of anilines is 1. The SMILES string of the molecule is C[C@H]1CC[C@H](C(=O)N(c2nn(-c3ccc(/C=C\c4cscn4)cc3)cc2C(=O)O)C2CCOCC2)CC1. The number of amides is 1. The molecule has 37 heavy (non-hydrogen) atoms. The fourth-order valence-electron chi connectivity index (χ4n) is 5.15. The summed E-state index contributed by atoms with van der Waals surface area (Å²) in [7, 11) is 0. The molecule has 1 aliphatic carbocycles. The lowest BCUT2D eigenvalue weighted by Crippen LogP contribution is -2.47. The Bertz CT molecular complexity index is 1240. The average Bonchev–Trinajstić information content (AvgIpc) is 3.60. The zero-order valence-electron chi connectivity index (χ0n) is 21.0. The Morgan fingerprint density at radius 2 is 1.81 bits per heavy atom. The highest BCUT2D eigenvalue weighted by Gasteiger charge is 2.37. The molecule has 2 fully saturated rings. The molecule has 1 aliphatic heterocycles. The second kappa shape index (κ2) is 11.4. The van der Waals surface area contributed by atoms with Crippen LogP contribution >= 0.6 is 11.3 Å². The van der Waals surface area contributed by atoms with Gasteiger partial charge in [0, 0.05) is 36.8 Å². The molecule has 0 bridgehead atoms. The van der Waals surface area contributed by atoms with Gasteiger partial charge in [0.05, 0.1) is 16.9 Å². The van der Waals surface area contributed by atoms with Crippen LogP contribution in [0.2, 0.25) is 0 Å². The highest BCUT2D eigenvalue weighted by molar-refractivity contribution is 7.07. The quantitative estimate of drug-likeness (QED) is 0.440. The molecular weight excluding hydrogens is 488 g/mol. The van der Waals surface area contributed by atoms with Gasteiger partial charge >= 0.3 is 5.97 Å². The molecule has 9 heteroatoms. The number of carboxylic acid groups (broad SMARTS) is 1. The maximum Gasteiger partial charge on any atom is 0.341 e. The van der Waals surface area contributed by atoms with Crippen molar-refractivity contribution in [3.63, 3.8) is 0 Å². The van der Waals surface area contributed by atoms with Crippen LogP contribution in [0.25, 0.3) is 17.8 Å². The number of benzene rings is 1. The first-order chi connectivity index (χ1) is 18.0. The summed E-state index contributed by atoms with van der Waals surface area (Å²) in [6.45, 7) is 3.32. The number of ether oxygens (including phenoxy) is 1. The number of thiazole rings is 1. The Hall–Kier alpha value is -3.30. The van der Waals surface area contributed by atoms with Gasteiger partial charge in [0.15, 0.2) is 5.82 Å². The van der Waals surface area contributed by atoms with Crippen LogP contribution < -0.4 is 4.90 Å². The third-order valence-electron chi connectivity index (χ3n) is 7.37. The molecule has 3 aromatic rings. The van der Waals surface area contributed by atoms with Gasteiger partial charge in [-0.05, 0) is 68.2 Å². The summed E-state index contributed by atoms with van der Waals surface area (Å²) < 4.78 is 7.11. The van der Waals surface area contributed by atoms with Gasteiger partial charge < -0.3 is 9.84 Å². The van der Waals surface area contributed by atoms with Gasteiger partial charge in [-0.25, -0.2) is 14.5 Å². The number of aromatic nitrogens is 3. The van der Waals surface area contributed by atoms with Crippen molar-refractivity contribution in [2.24, 2.45) is 11.8 Å². The number of hydrogen-bond acceptors (Lipinski definition) is 6. The Kier molecular flexibility index (Phi) is 7.81. The van der Waals surface area contributed by atoms with Crippen molar-refractivity contribution in [3.8, 4) is 5.69 Å². The Balaban J connectivity index is 1.45. The lowest BCUT2D eigenvalue weighted by molar-refractivity contribution is -0.124. The molecule has 1 aromatic carbocycles. The third kappa shape index (κ3) is 5.83. The molecule has 5 rings (SSSR count). The first-order valence-electron chi connectivity index (χ1n) is 12.9. The summed E-state index contributed by atoms with van der Waals surface area (Å²) in [5, 5.41) is 16.7. The molecule has 0 unspecified atom stereocenters. The van der Waals surface area contributed by atoms with E-state index in [2.05, 4.69) is 11.9 Å². The minimum absolute atomic E-state index is 0.00549. The smallest absolute Gasteiger partial charge is 0.341 e. The number of hydrogen-bond donors (Lipinski definition) is 1. The van der Waals surface area contributed by atoms with Crippen LogP contribution in [0.4, 0.5) is 5.82 Å². The van der Waals surface area contributed by atoms with E-state index in [4.69, 9.17) is 9.84 Å². The molecule has 2 aromatic heterocycles. The summed E-state index contributed by atoms with van der Waals surface area (Å²) in [5.41, 5.74) is 4.46. The molecule has 1 saturated heterocycles. The van der Waals surface area contributed by atoms with E-state index in [9.17, 15) is 14.7 Å². The summed E-state index contributed by atoms with van der Waals surface area (Å²) >= 11 is 1.55. The lowest BCUT2D eigenvalue weighted by atomic mass is 9.82. The van der Waals surface area contributed by atoms with E-state index < -0.39 is 5.97 Å². The van der Waals surface area contributed by atoms with Crippen LogP contribution in [0.3, 0.4) is 0 Å². The van der Waals surface area contributed by atoms with Crippen molar-refractivity contribution < 1.29 is 19.4 Å². The summed E-state index contributed by atoms with van der Waals surface area (Å²) in [6, 6.07) is 7.56. The molecule has 1 saturated carbocycles. The number of nitrogens with zero attached hydrogens (tertiary/aromatic N) is 4. The molecular formula is C28H32N4O4S. The fourth-order valence-corrected chi connectivity index (χ4v) is 5.68. The van der Waals surface area contributed by atoms with E-state index in [-0.39, 0.29) is 29.2 Å². The predicted octanol–water partition coefficient (Wildman–Crippen LogP) is 5.54.